The molecule has 6 nitrogen and oxygen atoms in total. The molecule has 0 N–H and O–H groups in total. The maximum absolute atomic E-state index is 5.60. The van der Waals surface area contributed by atoms with Crippen LogP contribution in [-0.2, 0) is 4.74 Å². The summed E-state index contributed by atoms with van der Waals surface area (Å²) in [5.41, 5.74) is 5.64. The van der Waals surface area contributed by atoms with Gasteiger partial charge in [0, 0.05) is 42.9 Å². The first-order valence-corrected chi connectivity index (χ1v) is 8.95. The van der Waals surface area contributed by atoms with Crippen molar-refractivity contribution in [3.05, 3.63) is 35.8 Å². The molecule has 3 aromatic heterocycles. The van der Waals surface area contributed by atoms with Gasteiger partial charge in [0.05, 0.1) is 18.3 Å². The zero-order chi connectivity index (χ0) is 18.7. The number of hydrogen-bond donors (Lipinski definition) is 0. The van der Waals surface area contributed by atoms with E-state index in [2.05, 4.69) is 27.5 Å². The molecule has 0 saturated heterocycles. The lowest BCUT2D eigenvalue weighted by atomic mass is 10.1. The molecule has 0 amide bonds. The maximum atomic E-state index is 5.60. The van der Waals surface area contributed by atoms with Gasteiger partial charge < -0.3 is 9.47 Å². The van der Waals surface area contributed by atoms with Gasteiger partial charge in [-0.15, -0.1) is 0 Å². The van der Waals surface area contributed by atoms with E-state index in [0.717, 1.165) is 46.5 Å². The fourth-order valence-corrected chi connectivity index (χ4v) is 3.40. The van der Waals surface area contributed by atoms with Crippen LogP contribution in [0.5, 0.6) is 6.01 Å². The first-order valence-electron chi connectivity index (χ1n) is 8.95. The Morgan fingerprint density at radius 1 is 1.12 bits per heavy atom. The first-order chi connectivity index (χ1) is 12.6. The molecule has 3 rings (SSSR count). The summed E-state index contributed by atoms with van der Waals surface area (Å²) in [7, 11) is 3.39. The van der Waals surface area contributed by atoms with Crippen LogP contribution in [-0.4, -0.2) is 40.3 Å². The molecule has 3 heterocycles. The van der Waals surface area contributed by atoms with Gasteiger partial charge >= 0.3 is 0 Å². The van der Waals surface area contributed by atoms with Gasteiger partial charge in [0.25, 0.3) is 6.01 Å². The summed E-state index contributed by atoms with van der Waals surface area (Å²) < 4.78 is 13.0. The topological polar surface area (TPSA) is 62.1 Å². The molecule has 1 unspecified atom stereocenters. The Kier molecular flexibility index (Phi) is 5.52. The van der Waals surface area contributed by atoms with Gasteiger partial charge in [0.2, 0.25) is 0 Å². The second-order valence-electron chi connectivity index (χ2n) is 6.42. The second kappa shape index (κ2) is 7.83. The highest BCUT2D eigenvalue weighted by molar-refractivity contribution is 5.91. The Morgan fingerprint density at radius 2 is 1.92 bits per heavy atom. The third-order valence-corrected chi connectivity index (χ3v) is 4.73. The molecular weight excluding hydrogens is 328 g/mol. The number of ether oxygens (including phenoxy) is 2. The Balaban J connectivity index is 2.20. The molecule has 26 heavy (non-hydrogen) atoms. The standard InChI is InChI=1S/C20H26N4O2/c1-6-15(10-12-25-4)24-17-9-11-21-18(19(17)23-20(24)26-5)16-8-7-13(2)22-14(16)3/h7-9,11,15H,6,10,12H2,1-5H3. The lowest BCUT2D eigenvalue weighted by molar-refractivity contribution is 0.175. The van der Waals surface area contributed by atoms with Crippen molar-refractivity contribution in [3.8, 4) is 17.3 Å². The van der Waals surface area contributed by atoms with Gasteiger partial charge in [-0.1, -0.05) is 6.92 Å². The average molecular weight is 354 g/mol. The molecule has 0 radical (unpaired) electrons. The van der Waals surface area contributed by atoms with E-state index in [1.807, 2.05) is 32.2 Å². The summed E-state index contributed by atoms with van der Waals surface area (Å²) in [6.45, 7) is 6.86. The number of rotatable bonds is 7. The van der Waals surface area contributed by atoms with Crippen LogP contribution in [0.15, 0.2) is 24.4 Å². The third kappa shape index (κ3) is 3.29. The van der Waals surface area contributed by atoms with E-state index < -0.39 is 0 Å². The van der Waals surface area contributed by atoms with Crippen molar-refractivity contribution in [2.75, 3.05) is 20.8 Å². The number of pyridine rings is 2. The molecule has 0 aliphatic carbocycles. The zero-order valence-corrected chi connectivity index (χ0v) is 16.1. The summed E-state index contributed by atoms with van der Waals surface area (Å²) >= 11 is 0. The Labute approximate surface area is 154 Å². The molecule has 0 aromatic carbocycles. The molecule has 0 aliphatic rings. The number of nitrogens with zero attached hydrogens (tertiary/aromatic N) is 4. The van der Waals surface area contributed by atoms with Crippen LogP contribution < -0.4 is 4.74 Å². The fourth-order valence-electron chi connectivity index (χ4n) is 3.40. The minimum absolute atomic E-state index is 0.252. The van der Waals surface area contributed by atoms with Crippen molar-refractivity contribution in [1.82, 2.24) is 19.5 Å². The van der Waals surface area contributed by atoms with Crippen molar-refractivity contribution in [2.24, 2.45) is 0 Å². The second-order valence-corrected chi connectivity index (χ2v) is 6.42. The molecule has 0 saturated carbocycles. The molecular formula is C20H26N4O2. The van der Waals surface area contributed by atoms with Crippen LogP contribution in [0.2, 0.25) is 0 Å². The Bertz CT molecular complexity index is 904. The normalized spacial score (nSPS) is 12.5. The molecule has 138 valence electrons. The molecule has 0 aliphatic heterocycles. The number of fused-ring (bicyclic) bond motifs is 1. The lowest BCUT2D eigenvalue weighted by Gasteiger charge is -2.19. The van der Waals surface area contributed by atoms with Gasteiger partial charge in [-0.2, -0.15) is 4.98 Å². The SMILES string of the molecule is CCC(CCOC)n1c(OC)nc2c(-c3ccc(C)nc3C)nccc21. The largest absolute Gasteiger partial charge is 0.468 e. The molecule has 0 spiro atoms. The Morgan fingerprint density at radius 3 is 2.58 bits per heavy atom. The summed E-state index contributed by atoms with van der Waals surface area (Å²) in [6.07, 6.45) is 3.70. The smallest absolute Gasteiger partial charge is 0.297 e. The molecule has 1 atom stereocenters. The highest BCUT2D eigenvalue weighted by Crippen LogP contribution is 2.34. The minimum Gasteiger partial charge on any atom is -0.468 e. The highest BCUT2D eigenvalue weighted by Gasteiger charge is 2.22. The van der Waals surface area contributed by atoms with Crippen molar-refractivity contribution in [3.63, 3.8) is 0 Å². The molecule has 0 bridgehead atoms. The van der Waals surface area contributed by atoms with Crippen LogP contribution in [0.3, 0.4) is 0 Å². The summed E-state index contributed by atoms with van der Waals surface area (Å²) in [6, 6.07) is 6.93. The predicted molar refractivity (Wildman–Crippen MR) is 103 cm³/mol. The van der Waals surface area contributed by atoms with Crippen LogP contribution in [0.25, 0.3) is 22.3 Å². The number of hydrogen-bond acceptors (Lipinski definition) is 5. The quantitative estimate of drug-likeness (QED) is 0.639. The molecule has 0 fully saturated rings. The maximum Gasteiger partial charge on any atom is 0.297 e. The minimum atomic E-state index is 0.252. The van der Waals surface area contributed by atoms with Crippen LogP contribution >= 0.6 is 0 Å². The summed E-state index contributed by atoms with van der Waals surface area (Å²) in [4.78, 5) is 13.9. The predicted octanol–water partition coefficient (Wildman–Crippen LogP) is 4.11. The monoisotopic (exact) mass is 354 g/mol. The lowest BCUT2D eigenvalue weighted by Crippen LogP contribution is -2.12. The van der Waals surface area contributed by atoms with E-state index >= 15 is 0 Å². The first kappa shape index (κ1) is 18.3. The van der Waals surface area contributed by atoms with E-state index in [1.54, 1.807) is 14.2 Å². The average Bonchev–Trinajstić information content (AvgIpc) is 3.01. The van der Waals surface area contributed by atoms with Crippen LogP contribution in [0, 0.1) is 13.8 Å². The number of imidazole rings is 1. The number of aryl methyl sites for hydroxylation is 2. The van der Waals surface area contributed by atoms with Gasteiger partial charge in [-0.3, -0.25) is 14.5 Å². The third-order valence-electron chi connectivity index (χ3n) is 4.73. The zero-order valence-electron chi connectivity index (χ0n) is 16.1. The van der Waals surface area contributed by atoms with E-state index in [4.69, 9.17) is 14.5 Å². The van der Waals surface area contributed by atoms with Crippen LogP contribution in [0.1, 0.15) is 37.2 Å². The molecule has 6 heteroatoms. The number of methoxy groups -OCH3 is 2. The van der Waals surface area contributed by atoms with Gasteiger partial charge in [0.15, 0.2) is 0 Å². The van der Waals surface area contributed by atoms with Gasteiger partial charge in [-0.05, 0) is 44.9 Å². The van der Waals surface area contributed by atoms with Gasteiger partial charge in [-0.25, -0.2) is 0 Å². The van der Waals surface area contributed by atoms with Crippen molar-refractivity contribution >= 4 is 11.0 Å². The van der Waals surface area contributed by atoms with Crippen molar-refractivity contribution in [1.29, 1.82) is 0 Å². The Hall–Kier alpha value is -2.47. The van der Waals surface area contributed by atoms with Crippen molar-refractivity contribution in [2.45, 2.75) is 39.7 Å². The van der Waals surface area contributed by atoms with Crippen LogP contribution in [0.4, 0.5) is 0 Å². The van der Waals surface area contributed by atoms with E-state index in [1.165, 1.54) is 0 Å². The van der Waals surface area contributed by atoms with Gasteiger partial charge in [0.1, 0.15) is 5.52 Å². The van der Waals surface area contributed by atoms with Crippen molar-refractivity contribution < 1.29 is 9.47 Å². The highest BCUT2D eigenvalue weighted by atomic mass is 16.5. The summed E-state index contributed by atoms with van der Waals surface area (Å²) in [5, 5.41) is 0. The molecule has 3 aromatic rings. The van der Waals surface area contributed by atoms with E-state index in [9.17, 15) is 0 Å². The fraction of sp³-hybridized carbons (Fsp3) is 0.450. The van der Waals surface area contributed by atoms with E-state index in [0.29, 0.717) is 12.6 Å². The summed E-state index contributed by atoms with van der Waals surface area (Å²) in [5.74, 6) is 0. The number of aromatic nitrogens is 4. The van der Waals surface area contributed by atoms with E-state index in [-0.39, 0.29) is 6.04 Å².